The lowest BCUT2D eigenvalue weighted by atomic mass is 9.80. The highest BCUT2D eigenvalue weighted by Gasteiger charge is 2.39. The van der Waals surface area contributed by atoms with Crippen LogP contribution in [0.15, 0.2) is 35.7 Å². The number of nitriles is 2. The first-order valence-corrected chi connectivity index (χ1v) is 6.36. The predicted molar refractivity (Wildman–Crippen MR) is 72.4 cm³/mol. The van der Waals surface area contributed by atoms with E-state index >= 15 is 0 Å². The van der Waals surface area contributed by atoms with Crippen molar-refractivity contribution in [3.05, 3.63) is 41.3 Å². The Balaban J connectivity index is 2.56. The number of ether oxygens (including phenoxy) is 2. The minimum atomic E-state index is -1.15. The van der Waals surface area contributed by atoms with Gasteiger partial charge in [0.1, 0.15) is 11.8 Å². The molecule has 0 saturated carbocycles. The lowest BCUT2D eigenvalue weighted by molar-refractivity contribution is -0.146. The van der Waals surface area contributed by atoms with Crippen LogP contribution in [-0.4, -0.2) is 12.6 Å². The quantitative estimate of drug-likeness (QED) is 0.843. The van der Waals surface area contributed by atoms with Crippen LogP contribution in [-0.2, 0) is 9.53 Å². The highest BCUT2D eigenvalue weighted by molar-refractivity contribution is 5.78. The maximum Gasteiger partial charge on any atom is 0.324 e. The topological polar surface area (TPSA) is 109 Å². The number of nitrogens with two attached hydrogens (primary N) is 1. The number of esters is 1. The molecule has 1 aliphatic heterocycles. The number of fused-ring (bicyclic) bond motifs is 1. The van der Waals surface area contributed by atoms with Crippen molar-refractivity contribution < 1.29 is 14.3 Å². The largest absolute Gasteiger partial charge is 0.465 e. The predicted octanol–water partition coefficient (Wildman–Crippen LogP) is 1.56. The summed E-state index contributed by atoms with van der Waals surface area (Å²) in [5.74, 6) is -2.27. The van der Waals surface area contributed by atoms with Crippen LogP contribution in [0.25, 0.3) is 0 Å². The number of para-hydroxylation sites is 1. The fraction of sp³-hybridized carbons (Fsp3) is 0.267. The zero-order chi connectivity index (χ0) is 15.4. The second-order valence-electron chi connectivity index (χ2n) is 4.37. The van der Waals surface area contributed by atoms with Crippen LogP contribution in [0, 0.1) is 28.6 Å². The minimum Gasteiger partial charge on any atom is -0.465 e. The van der Waals surface area contributed by atoms with Crippen LogP contribution < -0.4 is 10.5 Å². The fourth-order valence-electron chi connectivity index (χ4n) is 2.28. The molecule has 0 amide bonds. The first kappa shape index (κ1) is 14.4. The molecule has 1 aromatic rings. The SMILES string of the molecule is CCOC(=O)C(C#N)C1C(C#N)=C(N)Oc2ccccc21. The number of carbonyl (C=O) groups excluding carboxylic acids is 1. The highest BCUT2D eigenvalue weighted by atomic mass is 16.5. The van der Waals surface area contributed by atoms with E-state index in [1.54, 1.807) is 31.2 Å². The van der Waals surface area contributed by atoms with Gasteiger partial charge in [-0.2, -0.15) is 10.5 Å². The van der Waals surface area contributed by atoms with Crippen molar-refractivity contribution >= 4 is 5.97 Å². The third kappa shape index (κ3) is 2.52. The van der Waals surface area contributed by atoms with E-state index in [2.05, 4.69) is 0 Å². The number of benzene rings is 1. The van der Waals surface area contributed by atoms with Gasteiger partial charge in [-0.15, -0.1) is 0 Å². The van der Waals surface area contributed by atoms with Crippen LogP contribution in [0.5, 0.6) is 5.75 Å². The normalized spacial score (nSPS) is 17.8. The number of hydrogen-bond acceptors (Lipinski definition) is 6. The number of rotatable bonds is 3. The van der Waals surface area contributed by atoms with Gasteiger partial charge in [0.2, 0.25) is 5.88 Å². The van der Waals surface area contributed by atoms with Gasteiger partial charge in [0.05, 0.1) is 24.2 Å². The molecule has 6 heteroatoms. The number of nitrogens with zero attached hydrogens (tertiary/aromatic N) is 2. The summed E-state index contributed by atoms with van der Waals surface area (Å²) in [5.41, 5.74) is 6.37. The molecule has 0 spiro atoms. The summed E-state index contributed by atoms with van der Waals surface area (Å²) >= 11 is 0. The second kappa shape index (κ2) is 5.98. The molecular formula is C15H13N3O3. The fourth-order valence-corrected chi connectivity index (χ4v) is 2.28. The minimum absolute atomic E-state index is 0.0632. The summed E-state index contributed by atoms with van der Waals surface area (Å²) in [5, 5.41) is 18.6. The zero-order valence-electron chi connectivity index (χ0n) is 11.4. The maximum atomic E-state index is 12.0. The van der Waals surface area contributed by atoms with Gasteiger partial charge >= 0.3 is 5.97 Å². The summed E-state index contributed by atoms with van der Waals surface area (Å²) < 4.78 is 10.3. The summed E-state index contributed by atoms with van der Waals surface area (Å²) in [6.07, 6.45) is 0. The molecule has 0 saturated heterocycles. The van der Waals surface area contributed by atoms with E-state index in [0.717, 1.165) is 0 Å². The molecule has 2 N–H and O–H groups in total. The Morgan fingerprint density at radius 3 is 2.81 bits per heavy atom. The third-order valence-electron chi connectivity index (χ3n) is 3.18. The van der Waals surface area contributed by atoms with E-state index in [1.807, 2.05) is 12.1 Å². The van der Waals surface area contributed by atoms with E-state index in [0.29, 0.717) is 11.3 Å². The Morgan fingerprint density at radius 1 is 1.48 bits per heavy atom. The van der Waals surface area contributed by atoms with Crippen LogP contribution >= 0.6 is 0 Å². The molecule has 0 aliphatic carbocycles. The number of hydrogen-bond donors (Lipinski definition) is 1. The molecule has 0 radical (unpaired) electrons. The van der Waals surface area contributed by atoms with Gasteiger partial charge in [-0.05, 0) is 13.0 Å². The molecule has 6 nitrogen and oxygen atoms in total. The van der Waals surface area contributed by atoms with Gasteiger partial charge in [0, 0.05) is 5.56 Å². The molecular weight excluding hydrogens is 270 g/mol. The van der Waals surface area contributed by atoms with Gasteiger partial charge in [-0.25, -0.2) is 0 Å². The van der Waals surface area contributed by atoms with Gasteiger partial charge in [0.25, 0.3) is 0 Å². The number of carbonyl (C=O) groups is 1. The first-order chi connectivity index (χ1) is 10.1. The molecule has 2 rings (SSSR count). The van der Waals surface area contributed by atoms with Crippen molar-refractivity contribution in [3.63, 3.8) is 0 Å². The van der Waals surface area contributed by atoms with E-state index < -0.39 is 17.8 Å². The van der Waals surface area contributed by atoms with Crippen LogP contribution in [0.1, 0.15) is 18.4 Å². The van der Waals surface area contributed by atoms with Crippen LogP contribution in [0.2, 0.25) is 0 Å². The Hall–Kier alpha value is -2.99. The maximum absolute atomic E-state index is 12.0. The molecule has 21 heavy (non-hydrogen) atoms. The Bertz CT molecular complexity index is 682. The second-order valence-corrected chi connectivity index (χ2v) is 4.37. The van der Waals surface area contributed by atoms with Gasteiger partial charge < -0.3 is 15.2 Å². The molecule has 0 fully saturated rings. The molecule has 2 unspecified atom stereocenters. The van der Waals surface area contributed by atoms with E-state index in [9.17, 15) is 15.3 Å². The average Bonchev–Trinajstić information content (AvgIpc) is 2.48. The van der Waals surface area contributed by atoms with Crippen molar-refractivity contribution in [3.8, 4) is 17.9 Å². The molecule has 2 atom stereocenters. The van der Waals surface area contributed by atoms with Gasteiger partial charge in [0.15, 0.2) is 5.92 Å². The van der Waals surface area contributed by atoms with Gasteiger partial charge in [-0.3, -0.25) is 4.79 Å². The zero-order valence-corrected chi connectivity index (χ0v) is 11.4. The standard InChI is InChI=1S/C15H13N3O3/c1-2-20-15(19)11(8-17)13-9-5-3-4-6-12(9)21-14(18)10(13)7-16/h3-6,11,13H,2,18H2,1H3. The summed E-state index contributed by atoms with van der Waals surface area (Å²) in [6, 6.07) is 10.7. The van der Waals surface area contributed by atoms with E-state index in [-0.39, 0.29) is 18.1 Å². The lowest BCUT2D eigenvalue weighted by Crippen LogP contribution is -2.29. The van der Waals surface area contributed by atoms with E-state index in [1.165, 1.54) is 0 Å². The Morgan fingerprint density at radius 2 is 2.19 bits per heavy atom. The summed E-state index contributed by atoms with van der Waals surface area (Å²) in [7, 11) is 0. The molecule has 1 aliphatic rings. The van der Waals surface area contributed by atoms with E-state index in [4.69, 9.17) is 15.2 Å². The van der Waals surface area contributed by atoms with Crippen molar-refractivity contribution in [1.29, 1.82) is 10.5 Å². The summed E-state index contributed by atoms with van der Waals surface area (Å²) in [6.45, 7) is 1.81. The molecule has 1 heterocycles. The smallest absolute Gasteiger partial charge is 0.324 e. The Labute approximate surface area is 122 Å². The molecule has 106 valence electrons. The summed E-state index contributed by atoms with van der Waals surface area (Å²) in [4.78, 5) is 12.0. The monoisotopic (exact) mass is 283 g/mol. The van der Waals surface area contributed by atoms with Crippen LogP contribution in [0.3, 0.4) is 0 Å². The van der Waals surface area contributed by atoms with Gasteiger partial charge in [-0.1, -0.05) is 18.2 Å². The van der Waals surface area contributed by atoms with Crippen molar-refractivity contribution in [2.24, 2.45) is 11.7 Å². The van der Waals surface area contributed by atoms with Crippen molar-refractivity contribution in [2.45, 2.75) is 12.8 Å². The van der Waals surface area contributed by atoms with Crippen molar-refractivity contribution in [1.82, 2.24) is 0 Å². The lowest BCUT2D eigenvalue weighted by Gasteiger charge is -2.27. The van der Waals surface area contributed by atoms with Crippen molar-refractivity contribution in [2.75, 3.05) is 6.61 Å². The first-order valence-electron chi connectivity index (χ1n) is 6.36. The molecule has 0 aromatic heterocycles. The number of allylic oxidation sites excluding steroid dienone is 1. The Kier molecular flexibility index (Phi) is 4.10. The average molecular weight is 283 g/mol. The third-order valence-corrected chi connectivity index (χ3v) is 3.18. The molecule has 1 aromatic carbocycles. The highest BCUT2D eigenvalue weighted by Crippen LogP contribution is 2.42. The molecule has 0 bridgehead atoms. The van der Waals surface area contributed by atoms with Crippen LogP contribution in [0.4, 0.5) is 0 Å².